The van der Waals surface area contributed by atoms with Crippen LogP contribution in [-0.4, -0.2) is 29.9 Å². The molecule has 1 aromatic carbocycles. The first kappa shape index (κ1) is 17.8. The SMILES string of the molecule is O=C(N[C@H]1CC2(CCN([C@@H]3C[C@H]4CC[C@@H]3C4)CC2)c2ccccc21)c1ccoc1. The summed E-state index contributed by atoms with van der Waals surface area (Å²) in [6.07, 6.45) is 12.4. The van der Waals surface area contributed by atoms with Gasteiger partial charge in [-0.1, -0.05) is 30.7 Å². The van der Waals surface area contributed by atoms with Crippen LogP contribution in [0.15, 0.2) is 47.3 Å². The largest absolute Gasteiger partial charge is 0.472 e. The van der Waals surface area contributed by atoms with Crippen molar-refractivity contribution in [2.75, 3.05) is 13.1 Å². The van der Waals surface area contributed by atoms with E-state index in [0.29, 0.717) is 5.56 Å². The molecule has 0 unspecified atom stereocenters. The standard InChI is InChI=1S/C25H30N2O2/c28-24(19-7-12-29-16-19)26-22-15-25(21-4-2-1-3-20(21)22)8-10-27(11-9-25)23-14-17-5-6-18(23)13-17/h1-4,7,12,16-18,22-23H,5-6,8-11,13-15H2,(H,26,28)/t17-,18+,22-,23+/m0/s1. The van der Waals surface area contributed by atoms with Crippen molar-refractivity contribution < 1.29 is 9.21 Å². The van der Waals surface area contributed by atoms with Gasteiger partial charge in [-0.2, -0.15) is 0 Å². The number of carbonyl (C=O) groups is 1. The molecule has 0 radical (unpaired) electrons. The fraction of sp³-hybridized carbons (Fsp3) is 0.560. The Labute approximate surface area is 172 Å². The number of benzene rings is 1. The summed E-state index contributed by atoms with van der Waals surface area (Å²) in [5.41, 5.74) is 3.62. The Morgan fingerprint density at radius 3 is 2.69 bits per heavy atom. The monoisotopic (exact) mass is 390 g/mol. The summed E-state index contributed by atoms with van der Waals surface area (Å²) in [5, 5.41) is 3.28. The Morgan fingerprint density at radius 2 is 1.97 bits per heavy atom. The van der Waals surface area contributed by atoms with E-state index in [9.17, 15) is 4.79 Å². The quantitative estimate of drug-likeness (QED) is 0.828. The van der Waals surface area contributed by atoms with Crippen molar-refractivity contribution in [3.05, 3.63) is 59.5 Å². The van der Waals surface area contributed by atoms with Gasteiger partial charge in [-0.3, -0.25) is 4.79 Å². The molecule has 2 heterocycles. The number of hydrogen-bond acceptors (Lipinski definition) is 3. The molecule has 6 rings (SSSR count). The maximum atomic E-state index is 12.7. The Balaban J connectivity index is 1.20. The van der Waals surface area contributed by atoms with Crippen molar-refractivity contribution in [3.8, 4) is 0 Å². The van der Waals surface area contributed by atoms with Gasteiger partial charge in [0.25, 0.3) is 5.91 Å². The molecular weight excluding hydrogens is 360 g/mol. The molecule has 2 bridgehead atoms. The summed E-state index contributed by atoms with van der Waals surface area (Å²) < 4.78 is 5.09. The number of amides is 1. The third kappa shape index (κ3) is 2.87. The fourth-order valence-electron chi connectivity index (χ4n) is 7.07. The molecule has 1 saturated heterocycles. The number of furan rings is 1. The second-order valence-corrected chi connectivity index (χ2v) is 9.89. The lowest BCUT2D eigenvalue weighted by Crippen LogP contribution is -2.48. The zero-order chi connectivity index (χ0) is 19.4. The topological polar surface area (TPSA) is 45.5 Å². The average Bonchev–Trinajstić information content (AvgIpc) is 3.54. The molecule has 2 aromatic rings. The third-order valence-electron chi connectivity index (χ3n) is 8.52. The summed E-state index contributed by atoms with van der Waals surface area (Å²) in [5.74, 6) is 1.94. The van der Waals surface area contributed by atoms with Crippen molar-refractivity contribution >= 4 is 5.91 Å². The van der Waals surface area contributed by atoms with E-state index in [1.54, 1.807) is 12.3 Å². The number of fused-ring (bicyclic) bond motifs is 4. The van der Waals surface area contributed by atoms with Gasteiger partial charge in [-0.15, -0.1) is 0 Å². The van der Waals surface area contributed by atoms with E-state index in [4.69, 9.17) is 4.42 Å². The van der Waals surface area contributed by atoms with Crippen LogP contribution in [0.5, 0.6) is 0 Å². The number of likely N-dealkylation sites (tertiary alicyclic amines) is 1. The number of rotatable bonds is 3. The Kier molecular flexibility index (Phi) is 4.12. The molecular formula is C25H30N2O2. The van der Waals surface area contributed by atoms with Crippen LogP contribution in [0.4, 0.5) is 0 Å². The van der Waals surface area contributed by atoms with Gasteiger partial charge in [-0.25, -0.2) is 0 Å². The second-order valence-electron chi connectivity index (χ2n) is 9.89. The van der Waals surface area contributed by atoms with E-state index in [2.05, 4.69) is 34.5 Å². The number of nitrogens with one attached hydrogen (secondary N) is 1. The van der Waals surface area contributed by atoms with Gasteiger partial charge < -0.3 is 14.6 Å². The minimum Gasteiger partial charge on any atom is -0.472 e. The molecule has 4 heteroatoms. The molecule has 1 aromatic heterocycles. The zero-order valence-electron chi connectivity index (χ0n) is 17.0. The van der Waals surface area contributed by atoms with Gasteiger partial charge in [-0.05, 0) is 80.6 Å². The molecule has 2 saturated carbocycles. The summed E-state index contributed by atoms with van der Waals surface area (Å²) >= 11 is 0. The van der Waals surface area contributed by atoms with Crippen LogP contribution in [0.1, 0.15) is 72.5 Å². The molecule has 3 aliphatic carbocycles. The van der Waals surface area contributed by atoms with Crippen LogP contribution in [0.2, 0.25) is 0 Å². The first-order chi connectivity index (χ1) is 14.2. The second kappa shape index (κ2) is 6.73. The smallest absolute Gasteiger partial charge is 0.255 e. The van der Waals surface area contributed by atoms with E-state index in [0.717, 1.165) is 24.3 Å². The van der Waals surface area contributed by atoms with Gasteiger partial charge >= 0.3 is 0 Å². The normalized spacial score (nSPS) is 32.6. The van der Waals surface area contributed by atoms with Crippen molar-refractivity contribution in [2.24, 2.45) is 11.8 Å². The van der Waals surface area contributed by atoms with Crippen molar-refractivity contribution in [1.29, 1.82) is 0 Å². The zero-order valence-corrected chi connectivity index (χ0v) is 17.0. The predicted molar refractivity (Wildman–Crippen MR) is 112 cm³/mol. The van der Waals surface area contributed by atoms with Gasteiger partial charge in [0.15, 0.2) is 0 Å². The Bertz CT molecular complexity index is 897. The van der Waals surface area contributed by atoms with E-state index >= 15 is 0 Å². The number of nitrogens with zero attached hydrogens (tertiary/aromatic N) is 1. The van der Waals surface area contributed by atoms with Crippen molar-refractivity contribution in [1.82, 2.24) is 10.2 Å². The van der Waals surface area contributed by atoms with Crippen LogP contribution in [0.25, 0.3) is 0 Å². The summed E-state index contributed by atoms with van der Waals surface area (Å²) in [7, 11) is 0. The molecule has 3 fully saturated rings. The molecule has 29 heavy (non-hydrogen) atoms. The highest BCUT2D eigenvalue weighted by molar-refractivity contribution is 5.94. The van der Waals surface area contributed by atoms with Crippen LogP contribution >= 0.6 is 0 Å². The van der Waals surface area contributed by atoms with Gasteiger partial charge in [0.1, 0.15) is 6.26 Å². The van der Waals surface area contributed by atoms with E-state index < -0.39 is 0 Å². The lowest BCUT2D eigenvalue weighted by molar-refractivity contribution is 0.0791. The predicted octanol–water partition coefficient (Wildman–Crippen LogP) is 4.68. The van der Waals surface area contributed by atoms with Crippen molar-refractivity contribution in [3.63, 3.8) is 0 Å². The molecule has 4 nitrogen and oxygen atoms in total. The maximum absolute atomic E-state index is 12.7. The van der Waals surface area contributed by atoms with Gasteiger partial charge in [0.05, 0.1) is 17.9 Å². The molecule has 1 aliphatic heterocycles. The number of hydrogen-bond donors (Lipinski definition) is 1. The molecule has 1 spiro atoms. The van der Waals surface area contributed by atoms with Crippen molar-refractivity contribution in [2.45, 2.75) is 62.4 Å². The Morgan fingerprint density at radius 1 is 1.10 bits per heavy atom. The maximum Gasteiger partial charge on any atom is 0.255 e. The van der Waals surface area contributed by atoms with Crippen LogP contribution < -0.4 is 5.32 Å². The molecule has 1 N–H and O–H groups in total. The molecule has 152 valence electrons. The lowest BCUT2D eigenvalue weighted by atomic mass is 9.73. The number of carbonyl (C=O) groups excluding carboxylic acids is 1. The molecule has 4 aliphatic rings. The number of piperidine rings is 1. The van der Waals surface area contributed by atoms with E-state index in [-0.39, 0.29) is 17.4 Å². The van der Waals surface area contributed by atoms with E-state index in [1.165, 1.54) is 69.0 Å². The Hall–Kier alpha value is -2.07. The highest BCUT2D eigenvalue weighted by Crippen LogP contribution is 2.53. The summed E-state index contributed by atoms with van der Waals surface area (Å²) in [6, 6.07) is 11.5. The average molecular weight is 391 g/mol. The lowest BCUT2D eigenvalue weighted by Gasteiger charge is -2.44. The molecule has 1 amide bonds. The van der Waals surface area contributed by atoms with E-state index in [1.807, 2.05) is 0 Å². The highest BCUT2D eigenvalue weighted by atomic mass is 16.3. The van der Waals surface area contributed by atoms with Crippen LogP contribution in [0, 0.1) is 11.8 Å². The summed E-state index contributed by atoms with van der Waals surface area (Å²) in [4.78, 5) is 15.5. The highest BCUT2D eigenvalue weighted by Gasteiger charge is 2.49. The fourth-order valence-corrected chi connectivity index (χ4v) is 7.07. The minimum absolute atomic E-state index is 0.0324. The van der Waals surface area contributed by atoms with Gasteiger partial charge in [0, 0.05) is 11.5 Å². The molecule has 4 atom stereocenters. The van der Waals surface area contributed by atoms with Crippen LogP contribution in [-0.2, 0) is 5.41 Å². The first-order valence-electron chi connectivity index (χ1n) is 11.4. The first-order valence-corrected chi connectivity index (χ1v) is 11.4. The van der Waals surface area contributed by atoms with Crippen LogP contribution in [0.3, 0.4) is 0 Å². The summed E-state index contributed by atoms with van der Waals surface area (Å²) in [6.45, 7) is 2.43. The minimum atomic E-state index is -0.0324. The van der Waals surface area contributed by atoms with Gasteiger partial charge in [0.2, 0.25) is 0 Å². The third-order valence-corrected chi connectivity index (χ3v) is 8.52.